The Morgan fingerprint density at radius 3 is 2.71 bits per heavy atom. The summed E-state index contributed by atoms with van der Waals surface area (Å²) in [6.45, 7) is 1.71. The van der Waals surface area contributed by atoms with E-state index in [1.165, 1.54) is 0 Å². The zero-order valence-electron chi connectivity index (χ0n) is 7.69. The monoisotopic (exact) mass is 196 g/mol. The number of hydrogen-bond donors (Lipinski definition) is 4. The number of nitrogen functional groups attached to an aromatic ring is 1. The van der Waals surface area contributed by atoms with E-state index in [1.54, 1.807) is 25.1 Å². The molecule has 0 heterocycles. The van der Waals surface area contributed by atoms with Crippen LogP contribution < -0.4 is 11.3 Å². The van der Waals surface area contributed by atoms with Crippen LogP contribution >= 0.6 is 0 Å². The number of hydrazine groups is 1. The molecule has 1 rings (SSSR count). The van der Waals surface area contributed by atoms with E-state index in [-0.39, 0.29) is 0 Å². The lowest BCUT2D eigenvalue weighted by atomic mass is 10.0. The molecule has 0 fully saturated rings. The van der Waals surface area contributed by atoms with Gasteiger partial charge in [-0.05, 0) is 18.6 Å². The molecule has 0 saturated heterocycles. The van der Waals surface area contributed by atoms with Crippen LogP contribution in [0.2, 0.25) is 0 Å². The summed E-state index contributed by atoms with van der Waals surface area (Å²) in [5.41, 5.74) is 3.74. The second-order valence-electron chi connectivity index (χ2n) is 2.92. The van der Waals surface area contributed by atoms with Crippen molar-refractivity contribution in [3.63, 3.8) is 0 Å². The summed E-state index contributed by atoms with van der Waals surface area (Å²) >= 11 is 0. The van der Waals surface area contributed by atoms with Crippen molar-refractivity contribution < 1.29 is 15.0 Å². The lowest BCUT2D eigenvalue weighted by Gasteiger charge is -2.14. The number of carboxylic acid groups (broad SMARTS) is 1. The predicted molar refractivity (Wildman–Crippen MR) is 51.6 cm³/mol. The van der Waals surface area contributed by atoms with Crippen molar-refractivity contribution in [3.8, 4) is 0 Å². The molecular formula is C9H12N2O3. The number of rotatable bonds is 3. The van der Waals surface area contributed by atoms with Gasteiger partial charge in [-0.3, -0.25) is 5.84 Å². The Kier molecular flexibility index (Phi) is 3.06. The third-order valence-electron chi connectivity index (χ3n) is 1.99. The average molecular weight is 196 g/mol. The van der Waals surface area contributed by atoms with Gasteiger partial charge in [-0.25, -0.2) is 4.79 Å². The van der Waals surface area contributed by atoms with Crippen LogP contribution in [0.4, 0.5) is 5.69 Å². The molecule has 1 aromatic carbocycles. The molecule has 1 atom stereocenters. The molecule has 5 N–H and O–H groups in total. The van der Waals surface area contributed by atoms with Crippen LogP contribution in [0.25, 0.3) is 0 Å². The molecule has 0 aromatic heterocycles. The summed E-state index contributed by atoms with van der Waals surface area (Å²) in [7, 11) is 0. The predicted octanol–water partition coefficient (Wildman–Crippen LogP) is 0.399. The lowest BCUT2D eigenvalue weighted by molar-refractivity contribution is -0.146. The molecule has 1 unspecified atom stereocenters. The number of aliphatic hydroxyl groups excluding tert-OH is 1. The number of carboxylic acids is 1. The molecule has 5 heteroatoms. The van der Waals surface area contributed by atoms with Crippen LogP contribution in [-0.4, -0.2) is 16.2 Å². The van der Waals surface area contributed by atoms with Crippen molar-refractivity contribution in [1.82, 2.24) is 0 Å². The topological polar surface area (TPSA) is 95.6 Å². The van der Waals surface area contributed by atoms with Gasteiger partial charge in [0.15, 0.2) is 6.10 Å². The molecule has 0 amide bonds. The fraction of sp³-hybridized carbons (Fsp3) is 0.222. The summed E-state index contributed by atoms with van der Waals surface area (Å²) in [6.07, 6.45) is -1.55. The Balaban J connectivity index is 3.23. The van der Waals surface area contributed by atoms with Gasteiger partial charge in [0.25, 0.3) is 0 Å². The number of aliphatic carboxylic acids is 1. The van der Waals surface area contributed by atoms with Crippen molar-refractivity contribution in [2.24, 2.45) is 5.84 Å². The molecule has 0 spiro atoms. The van der Waals surface area contributed by atoms with E-state index in [9.17, 15) is 9.90 Å². The summed E-state index contributed by atoms with van der Waals surface area (Å²) < 4.78 is 0. The summed E-state index contributed by atoms with van der Waals surface area (Å²) in [5.74, 6) is 3.91. The number of aliphatic hydroxyl groups is 1. The van der Waals surface area contributed by atoms with E-state index in [0.29, 0.717) is 16.8 Å². The highest BCUT2D eigenvalue weighted by atomic mass is 16.4. The van der Waals surface area contributed by atoms with Gasteiger partial charge in [-0.2, -0.15) is 0 Å². The summed E-state index contributed by atoms with van der Waals surface area (Å²) in [6, 6.07) is 5.04. The number of nitrogens with two attached hydrogens (primary N) is 1. The second-order valence-corrected chi connectivity index (χ2v) is 2.92. The van der Waals surface area contributed by atoms with Crippen molar-refractivity contribution in [1.29, 1.82) is 0 Å². The van der Waals surface area contributed by atoms with Gasteiger partial charge in [-0.15, -0.1) is 0 Å². The van der Waals surface area contributed by atoms with E-state index in [4.69, 9.17) is 10.9 Å². The van der Waals surface area contributed by atoms with Crippen LogP contribution in [0.15, 0.2) is 18.2 Å². The fourth-order valence-electron chi connectivity index (χ4n) is 1.29. The Morgan fingerprint density at radius 2 is 2.21 bits per heavy atom. The second kappa shape index (κ2) is 4.08. The first kappa shape index (κ1) is 10.5. The maximum absolute atomic E-state index is 10.6. The van der Waals surface area contributed by atoms with Gasteiger partial charge in [0.2, 0.25) is 0 Å². The number of benzene rings is 1. The zero-order valence-corrected chi connectivity index (χ0v) is 7.69. The van der Waals surface area contributed by atoms with E-state index >= 15 is 0 Å². The minimum atomic E-state index is -1.55. The number of aryl methyl sites for hydroxylation is 1. The first-order valence-corrected chi connectivity index (χ1v) is 4.05. The quantitative estimate of drug-likeness (QED) is 0.414. The van der Waals surface area contributed by atoms with E-state index in [1.807, 2.05) is 0 Å². The lowest BCUT2D eigenvalue weighted by Crippen LogP contribution is -2.17. The SMILES string of the molecule is Cc1cccc(NN)c1C(O)C(=O)O. The first-order chi connectivity index (χ1) is 6.57. The average Bonchev–Trinajstić information content (AvgIpc) is 2.16. The Bertz CT molecular complexity index is 352. The molecule has 0 bridgehead atoms. The largest absolute Gasteiger partial charge is 0.479 e. The van der Waals surface area contributed by atoms with Crippen LogP contribution in [0.3, 0.4) is 0 Å². The molecular weight excluding hydrogens is 184 g/mol. The third kappa shape index (κ3) is 1.84. The van der Waals surface area contributed by atoms with E-state index in [2.05, 4.69) is 5.43 Å². The van der Waals surface area contributed by atoms with Gasteiger partial charge in [-0.1, -0.05) is 12.1 Å². The number of anilines is 1. The Labute approximate surface area is 81.1 Å². The molecule has 0 aliphatic heterocycles. The standard InChI is InChI=1S/C9H12N2O3/c1-5-3-2-4-6(11-10)7(5)8(12)9(13)14/h2-4,8,11-12H,10H2,1H3,(H,13,14). The Morgan fingerprint density at radius 1 is 1.57 bits per heavy atom. The fourth-order valence-corrected chi connectivity index (χ4v) is 1.29. The molecule has 76 valence electrons. The smallest absolute Gasteiger partial charge is 0.337 e. The number of carbonyl (C=O) groups is 1. The summed E-state index contributed by atoms with van der Waals surface area (Å²) in [5, 5.41) is 18.1. The van der Waals surface area contributed by atoms with Gasteiger partial charge >= 0.3 is 5.97 Å². The molecule has 14 heavy (non-hydrogen) atoms. The van der Waals surface area contributed by atoms with E-state index in [0.717, 1.165) is 0 Å². The van der Waals surface area contributed by atoms with Crippen molar-refractivity contribution in [2.75, 3.05) is 5.43 Å². The maximum atomic E-state index is 10.6. The maximum Gasteiger partial charge on any atom is 0.337 e. The van der Waals surface area contributed by atoms with E-state index < -0.39 is 12.1 Å². The molecule has 0 aliphatic rings. The molecule has 0 saturated carbocycles. The molecule has 5 nitrogen and oxygen atoms in total. The van der Waals surface area contributed by atoms with Crippen LogP contribution in [-0.2, 0) is 4.79 Å². The summed E-state index contributed by atoms with van der Waals surface area (Å²) in [4.78, 5) is 10.6. The van der Waals surface area contributed by atoms with Crippen molar-refractivity contribution >= 4 is 11.7 Å². The minimum absolute atomic E-state index is 0.294. The minimum Gasteiger partial charge on any atom is -0.479 e. The highest BCUT2D eigenvalue weighted by Gasteiger charge is 2.20. The third-order valence-corrected chi connectivity index (χ3v) is 1.99. The highest BCUT2D eigenvalue weighted by Crippen LogP contribution is 2.25. The zero-order chi connectivity index (χ0) is 10.7. The molecule has 0 radical (unpaired) electrons. The van der Waals surface area contributed by atoms with Crippen LogP contribution in [0.1, 0.15) is 17.2 Å². The first-order valence-electron chi connectivity index (χ1n) is 4.05. The van der Waals surface area contributed by atoms with Crippen LogP contribution in [0.5, 0.6) is 0 Å². The molecule has 1 aromatic rings. The van der Waals surface area contributed by atoms with Crippen molar-refractivity contribution in [3.05, 3.63) is 29.3 Å². The number of nitrogens with one attached hydrogen (secondary N) is 1. The van der Waals surface area contributed by atoms with Crippen molar-refractivity contribution in [2.45, 2.75) is 13.0 Å². The normalized spacial score (nSPS) is 12.2. The molecule has 0 aliphatic carbocycles. The highest BCUT2D eigenvalue weighted by molar-refractivity contribution is 5.77. The van der Waals surface area contributed by atoms with Crippen LogP contribution in [0, 0.1) is 6.92 Å². The van der Waals surface area contributed by atoms with Gasteiger partial charge in [0.05, 0.1) is 5.69 Å². The number of hydrogen-bond acceptors (Lipinski definition) is 4. The Hall–Kier alpha value is -1.59. The van der Waals surface area contributed by atoms with Gasteiger partial charge in [0, 0.05) is 5.56 Å². The van der Waals surface area contributed by atoms with Gasteiger partial charge in [0.1, 0.15) is 0 Å². The van der Waals surface area contributed by atoms with Gasteiger partial charge < -0.3 is 15.6 Å².